The second kappa shape index (κ2) is 11.9. The highest BCUT2D eigenvalue weighted by Crippen LogP contribution is 2.40. The maximum Gasteiger partial charge on any atom is 0.373 e. The number of thiazole rings is 1. The van der Waals surface area contributed by atoms with Crippen molar-refractivity contribution in [3.8, 4) is 22.1 Å². The first-order chi connectivity index (χ1) is 16.7. The van der Waals surface area contributed by atoms with E-state index in [1.807, 2.05) is 41.6 Å². The second-order valence-electron chi connectivity index (χ2n) is 8.17. The van der Waals surface area contributed by atoms with E-state index in [4.69, 9.17) is 24.4 Å². The number of hydrogen-bond donors (Lipinski definition) is 0. The van der Waals surface area contributed by atoms with Gasteiger partial charge in [0.2, 0.25) is 5.13 Å². The number of pyridine rings is 1. The minimum Gasteiger partial charge on any atom is -0.497 e. The van der Waals surface area contributed by atoms with E-state index in [-0.39, 0.29) is 6.15 Å². The molecule has 35 heavy (non-hydrogen) atoms. The van der Waals surface area contributed by atoms with E-state index < -0.39 is 0 Å². The third-order valence-electron chi connectivity index (χ3n) is 5.18. The van der Waals surface area contributed by atoms with Crippen LogP contribution in [0.4, 0.5) is 0 Å². The molecule has 0 bridgehead atoms. The van der Waals surface area contributed by atoms with Gasteiger partial charge in [-0.25, -0.2) is 9.67 Å². The first-order valence-electron chi connectivity index (χ1n) is 11.1. The highest BCUT2D eigenvalue weighted by Gasteiger charge is 2.18. The molecule has 7 nitrogen and oxygen atoms in total. The van der Waals surface area contributed by atoms with Gasteiger partial charge in [-0.2, -0.15) is 14.7 Å². The molecule has 0 spiro atoms. The van der Waals surface area contributed by atoms with E-state index in [9.17, 15) is 0 Å². The fourth-order valence-corrected chi connectivity index (χ4v) is 5.96. The van der Waals surface area contributed by atoms with Crippen LogP contribution in [0.5, 0.6) is 5.75 Å². The Labute approximate surface area is 213 Å². The van der Waals surface area contributed by atoms with Crippen molar-refractivity contribution in [2.24, 2.45) is 0 Å². The summed E-state index contributed by atoms with van der Waals surface area (Å²) in [5, 5.41) is 6.13. The molecule has 0 unspecified atom stereocenters. The summed E-state index contributed by atoms with van der Waals surface area (Å²) >= 11 is 3.51. The number of benzene rings is 1. The Kier molecular flexibility index (Phi) is 8.98. The first kappa shape index (κ1) is 26.3. The molecule has 0 aliphatic carbocycles. The first-order valence-corrected chi connectivity index (χ1v) is 12.7. The fraction of sp³-hybridized carbons (Fsp3) is 0.308. The second-order valence-corrected chi connectivity index (χ2v) is 11.0. The quantitative estimate of drug-likeness (QED) is 0.290. The van der Waals surface area contributed by atoms with Crippen molar-refractivity contribution in [1.82, 2.24) is 19.7 Å². The summed E-state index contributed by atoms with van der Waals surface area (Å²) in [6, 6.07) is 12.3. The fourth-order valence-electron chi connectivity index (χ4n) is 3.51. The maximum atomic E-state index is 8.12. The summed E-state index contributed by atoms with van der Waals surface area (Å²) in [4.78, 5) is 25.9. The van der Waals surface area contributed by atoms with E-state index in [0.717, 1.165) is 45.6 Å². The summed E-state index contributed by atoms with van der Waals surface area (Å²) in [5.41, 5.74) is 7.59. The van der Waals surface area contributed by atoms with E-state index >= 15 is 0 Å². The lowest BCUT2D eigenvalue weighted by Crippen LogP contribution is -1.96. The van der Waals surface area contributed by atoms with Gasteiger partial charge in [0.25, 0.3) is 0 Å². The number of aryl methyl sites for hydroxylation is 3. The van der Waals surface area contributed by atoms with Crippen LogP contribution in [-0.4, -0.2) is 38.3 Å². The van der Waals surface area contributed by atoms with Crippen LogP contribution in [0.15, 0.2) is 46.8 Å². The van der Waals surface area contributed by atoms with Crippen LogP contribution in [0.2, 0.25) is 0 Å². The zero-order valence-corrected chi connectivity index (χ0v) is 22.3. The number of rotatable bonds is 7. The molecule has 9 heteroatoms. The molecule has 0 saturated heterocycles. The van der Waals surface area contributed by atoms with Gasteiger partial charge < -0.3 is 4.74 Å². The van der Waals surface area contributed by atoms with Gasteiger partial charge in [0, 0.05) is 34.8 Å². The molecule has 3 heterocycles. The van der Waals surface area contributed by atoms with Gasteiger partial charge in [-0.15, -0.1) is 11.8 Å². The SMILES string of the molecule is COc1cccc(-c2nc(-n3cc(Cc4ccc(C)nc4C)c(C)n3)sc2SC(C)C)c1.O=C=O. The van der Waals surface area contributed by atoms with Crippen LogP contribution >= 0.6 is 23.1 Å². The molecule has 182 valence electrons. The number of carbonyl (C=O) groups excluding carboxylic acids is 2. The smallest absolute Gasteiger partial charge is 0.373 e. The molecule has 3 aromatic heterocycles. The summed E-state index contributed by atoms with van der Waals surface area (Å²) in [7, 11) is 1.69. The van der Waals surface area contributed by atoms with Gasteiger partial charge >= 0.3 is 6.15 Å². The Hall–Kier alpha value is -3.26. The lowest BCUT2D eigenvalue weighted by molar-refractivity contribution is -0.191. The number of hydrogen-bond acceptors (Lipinski definition) is 8. The van der Waals surface area contributed by atoms with Gasteiger partial charge in [-0.1, -0.05) is 43.4 Å². The third-order valence-corrected chi connectivity index (χ3v) is 7.44. The topological polar surface area (TPSA) is 87.0 Å². The van der Waals surface area contributed by atoms with Gasteiger partial charge in [0.1, 0.15) is 5.75 Å². The van der Waals surface area contributed by atoms with Crippen molar-refractivity contribution >= 4 is 29.3 Å². The Bertz CT molecular complexity index is 1340. The number of thioether (sulfide) groups is 1. The summed E-state index contributed by atoms with van der Waals surface area (Å²) in [6.45, 7) is 10.6. The van der Waals surface area contributed by atoms with E-state index in [1.54, 1.807) is 18.4 Å². The lowest BCUT2D eigenvalue weighted by atomic mass is 10.0. The number of aromatic nitrogens is 4. The number of methoxy groups -OCH3 is 1. The van der Waals surface area contributed by atoms with Gasteiger partial charge in [-0.3, -0.25) is 4.98 Å². The molecule has 0 radical (unpaired) electrons. The Morgan fingerprint density at radius 2 is 1.80 bits per heavy atom. The van der Waals surface area contributed by atoms with Crippen LogP contribution in [0.3, 0.4) is 0 Å². The van der Waals surface area contributed by atoms with E-state index in [2.05, 4.69) is 57.1 Å². The van der Waals surface area contributed by atoms with Gasteiger partial charge in [-0.05, 0) is 50.1 Å². The third kappa shape index (κ3) is 6.66. The molecule has 0 saturated carbocycles. The minimum absolute atomic E-state index is 0.250. The molecule has 0 atom stereocenters. The van der Waals surface area contributed by atoms with Crippen molar-refractivity contribution in [2.75, 3.05) is 7.11 Å². The standard InChI is InChI=1S/C25H28N4OS2.CO2/c1-15(2)31-24-23(20-8-7-9-22(13-20)30-6)27-25(32-24)29-14-21(18(5)28-29)12-19-11-10-16(3)26-17(19)4;2-1-3/h7-11,13-15H,12H2,1-6H3;. The number of ether oxygens (including phenoxy) is 1. The molecule has 0 amide bonds. The summed E-state index contributed by atoms with van der Waals surface area (Å²) < 4.78 is 8.54. The van der Waals surface area contributed by atoms with Crippen molar-refractivity contribution < 1.29 is 14.3 Å². The van der Waals surface area contributed by atoms with E-state index in [0.29, 0.717) is 5.25 Å². The van der Waals surface area contributed by atoms with Gasteiger partial charge in [0.15, 0.2) is 0 Å². The van der Waals surface area contributed by atoms with Crippen molar-refractivity contribution in [3.63, 3.8) is 0 Å². The van der Waals surface area contributed by atoms with Crippen LogP contribution in [0.1, 0.15) is 42.1 Å². The van der Waals surface area contributed by atoms with Crippen LogP contribution in [0.25, 0.3) is 16.4 Å². The normalized spacial score (nSPS) is 10.6. The molecule has 4 rings (SSSR count). The monoisotopic (exact) mass is 508 g/mol. The van der Waals surface area contributed by atoms with Gasteiger partial charge in [0.05, 0.1) is 22.7 Å². The average molecular weight is 509 g/mol. The van der Waals surface area contributed by atoms with Crippen molar-refractivity contribution in [2.45, 2.75) is 50.5 Å². The average Bonchev–Trinajstić information content (AvgIpc) is 3.39. The predicted molar refractivity (Wildman–Crippen MR) is 138 cm³/mol. The highest BCUT2D eigenvalue weighted by atomic mass is 32.2. The molecule has 0 N–H and O–H groups in total. The molecule has 4 aromatic rings. The Balaban J connectivity index is 0.00000108. The van der Waals surface area contributed by atoms with E-state index in [1.165, 1.54) is 15.3 Å². The van der Waals surface area contributed by atoms with Crippen LogP contribution in [0, 0.1) is 20.8 Å². The van der Waals surface area contributed by atoms with Crippen molar-refractivity contribution in [3.05, 3.63) is 70.8 Å². The Morgan fingerprint density at radius 1 is 1.06 bits per heavy atom. The van der Waals surface area contributed by atoms with Crippen molar-refractivity contribution in [1.29, 1.82) is 0 Å². The molecular formula is C26H28N4O3S2. The number of nitrogens with zero attached hydrogens (tertiary/aromatic N) is 4. The molecule has 0 aliphatic heterocycles. The molecule has 1 aromatic carbocycles. The predicted octanol–water partition coefficient (Wildman–Crippen LogP) is 5.83. The molecule has 0 aliphatic rings. The zero-order chi connectivity index (χ0) is 25.5. The molecular weight excluding hydrogens is 480 g/mol. The summed E-state index contributed by atoms with van der Waals surface area (Å²) in [5.74, 6) is 0.830. The largest absolute Gasteiger partial charge is 0.497 e. The molecule has 0 fully saturated rings. The van der Waals surface area contributed by atoms with Crippen LogP contribution < -0.4 is 4.74 Å². The zero-order valence-electron chi connectivity index (χ0n) is 20.7. The minimum atomic E-state index is 0.250. The Morgan fingerprint density at radius 3 is 2.46 bits per heavy atom. The lowest BCUT2D eigenvalue weighted by Gasteiger charge is -2.06. The summed E-state index contributed by atoms with van der Waals surface area (Å²) in [6.07, 6.45) is 3.17. The highest BCUT2D eigenvalue weighted by molar-refractivity contribution is 8.01. The maximum absolute atomic E-state index is 8.12. The van der Waals surface area contributed by atoms with Crippen LogP contribution in [-0.2, 0) is 16.0 Å².